The Morgan fingerprint density at radius 3 is 2.81 bits per heavy atom. The second kappa shape index (κ2) is 8.17. The summed E-state index contributed by atoms with van der Waals surface area (Å²) < 4.78 is 14.7. The fourth-order valence-corrected chi connectivity index (χ4v) is 3.70. The number of carbonyl (C=O) groups is 1. The molecule has 1 atom stereocenters. The van der Waals surface area contributed by atoms with Crippen molar-refractivity contribution in [3.63, 3.8) is 0 Å². The summed E-state index contributed by atoms with van der Waals surface area (Å²) in [6, 6.07) is 5.50. The number of rotatable bonds is 7. The van der Waals surface area contributed by atoms with Crippen molar-refractivity contribution < 1.29 is 14.3 Å². The average Bonchev–Trinajstić information content (AvgIpc) is 3.19. The van der Waals surface area contributed by atoms with Crippen LogP contribution in [0.2, 0.25) is 0 Å². The Balaban J connectivity index is 1.72. The summed E-state index contributed by atoms with van der Waals surface area (Å²) in [5.74, 6) is -1.66. The molecule has 0 aliphatic carbocycles. The van der Waals surface area contributed by atoms with Crippen molar-refractivity contribution in [2.75, 3.05) is 0 Å². The molecule has 0 aliphatic heterocycles. The second-order valence-corrected chi connectivity index (χ2v) is 7.91. The van der Waals surface area contributed by atoms with Gasteiger partial charge in [0.05, 0.1) is 11.9 Å². The van der Waals surface area contributed by atoms with Gasteiger partial charge in [0, 0.05) is 47.1 Å². The first kappa shape index (κ1) is 20.5. The maximum absolute atomic E-state index is 14.7. The van der Waals surface area contributed by atoms with Crippen LogP contribution in [-0.2, 0) is 16.6 Å². The van der Waals surface area contributed by atoms with E-state index in [0.29, 0.717) is 17.0 Å². The Morgan fingerprint density at radius 2 is 2.06 bits per heavy atom. The Morgan fingerprint density at radius 1 is 1.23 bits per heavy atom. The Labute approximate surface area is 177 Å². The number of pyridine rings is 1. The number of aromatic nitrogens is 6. The van der Waals surface area contributed by atoms with Crippen molar-refractivity contribution in [1.82, 2.24) is 29.9 Å². The molecule has 1 unspecified atom stereocenters. The molecule has 0 bridgehead atoms. The average molecular weight is 420 g/mol. The van der Waals surface area contributed by atoms with E-state index in [1.165, 1.54) is 6.33 Å². The van der Waals surface area contributed by atoms with Gasteiger partial charge in [-0.05, 0) is 24.5 Å². The first-order valence-electron chi connectivity index (χ1n) is 9.78. The van der Waals surface area contributed by atoms with Gasteiger partial charge < -0.3 is 10.1 Å². The van der Waals surface area contributed by atoms with Crippen molar-refractivity contribution in [1.29, 1.82) is 0 Å². The van der Waals surface area contributed by atoms with Gasteiger partial charge in [-0.15, -0.1) is 0 Å². The zero-order chi connectivity index (χ0) is 22.0. The smallest absolute Gasteiger partial charge is 0.303 e. The number of nitrogens with zero attached hydrogens (tertiary/aromatic N) is 5. The number of halogens is 1. The number of aromatic amines is 1. The number of hydrogen-bond acceptors (Lipinski definition) is 6. The van der Waals surface area contributed by atoms with E-state index in [1.54, 1.807) is 24.7 Å². The molecule has 4 heterocycles. The highest BCUT2D eigenvalue weighted by atomic mass is 19.1. The van der Waals surface area contributed by atoms with E-state index in [1.807, 2.05) is 26.0 Å². The predicted molar refractivity (Wildman–Crippen MR) is 112 cm³/mol. The van der Waals surface area contributed by atoms with E-state index in [4.69, 9.17) is 0 Å². The third-order valence-electron chi connectivity index (χ3n) is 5.62. The van der Waals surface area contributed by atoms with Crippen LogP contribution in [0, 0.1) is 11.7 Å². The molecule has 0 amide bonds. The van der Waals surface area contributed by atoms with Gasteiger partial charge in [-0.2, -0.15) is 0 Å². The quantitative estimate of drug-likeness (QED) is 0.469. The molecule has 0 radical (unpaired) electrons. The molecule has 4 aromatic rings. The number of nitrogens with one attached hydrogen (secondary N) is 1. The van der Waals surface area contributed by atoms with Crippen molar-refractivity contribution in [3.05, 3.63) is 66.5 Å². The summed E-state index contributed by atoms with van der Waals surface area (Å²) >= 11 is 0. The third-order valence-corrected chi connectivity index (χ3v) is 5.62. The van der Waals surface area contributed by atoms with E-state index in [2.05, 4.69) is 29.9 Å². The lowest BCUT2D eigenvalue weighted by Crippen LogP contribution is -2.33. The maximum atomic E-state index is 14.7. The van der Waals surface area contributed by atoms with Crippen LogP contribution in [0.3, 0.4) is 0 Å². The Bertz CT molecular complexity index is 1230. The first-order valence-corrected chi connectivity index (χ1v) is 9.78. The van der Waals surface area contributed by atoms with Crippen LogP contribution in [0.4, 0.5) is 4.39 Å². The van der Waals surface area contributed by atoms with Crippen molar-refractivity contribution in [2.24, 2.45) is 5.92 Å². The zero-order valence-corrected chi connectivity index (χ0v) is 17.1. The van der Waals surface area contributed by atoms with Gasteiger partial charge in [-0.1, -0.05) is 19.9 Å². The van der Waals surface area contributed by atoms with E-state index in [-0.39, 0.29) is 18.5 Å². The highest BCUT2D eigenvalue weighted by Gasteiger charge is 2.35. The normalized spacial score (nSPS) is 12.7. The van der Waals surface area contributed by atoms with Gasteiger partial charge in [-0.25, -0.2) is 24.3 Å². The minimum atomic E-state index is -0.961. The number of fused-ring (bicyclic) bond motifs is 1. The highest BCUT2D eigenvalue weighted by molar-refractivity contribution is 5.90. The molecule has 4 rings (SSSR count). The lowest BCUT2D eigenvalue weighted by atomic mass is 9.72. The third kappa shape index (κ3) is 4.11. The van der Waals surface area contributed by atoms with Gasteiger partial charge in [0.25, 0.3) is 0 Å². The van der Waals surface area contributed by atoms with Gasteiger partial charge in [0.2, 0.25) is 0 Å². The summed E-state index contributed by atoms with van der Waals surface area (Å²) in [4.78, 5) is 35.8. The van der Waals surface area contributed by atoms with Crippen LogP contribution in [0.25, 0.3) is 22.4 Å². The van der Waals surface area contributed by atoms with Crippen LogP contribution < -0.4 is 0 Å². The van der Waals surface area contributed by atoms with Gasteiger partial charge in [0.1, 0.15) is 12.0 Å². The molecule has 0 spiro atoms. The highest BCUT2D eigenvalue weighted by Crippen LogP contribution is 2.35. The summed E-state index contributed by atoms with van der Waals surface area (Å²) in [6.45, 7) is 3.83. The van der Waals surface area contributed by atoms with E-state index < -0.39 is 23.1 Å². The Hall–Kier alpha value is -3.75. The van der Waals surface area contributed by atoms with Crippen LogP contribution in [0.15, 0.2) is 49.3 Å². The Kier molecular flexibility index (Phi) is 5.41. The van der Waals surface area contributed by atoms with Crippen LogP contribution in [0.1, 0.15) is 31.7 Å². The SMILES string of the molecule is CC(C)(c1ccccn1)C(CC(=O)O)Cc1nc(-c2c[nH]c3ncncc23)ncc1F. The summed E-state index contributed by atoms with van der Waals surface area (Å²) in [5, 5.41) is 10.2. The largest absolute Gasteiger partial charge is 0.481 e. The van der Waals surface area contributed by atoms with Gasteiger partial charge in [0.15, 0.2) is 11.6 Å². The fourth-order valence-electron chi connectivity index (χ4n) is 3.70. The molecule has 0 saturated heterocycles. The summed E-state index contributed by atoms with van der Waals surface area (Å²) in [6.07, 6.45) is 7.51. The van der Waals surface area contributed by atoms with Gasteiger partial charge in [-0.3, -0.25) is 9.78 Å². The van der Waals surface area contributed by atoms with E-state index in [9.17, 15) is 14.3 Å². The molecule has 4 aromatic heterocycles. The number of H-pyrrole nitrogens is 1. The van der Waals surface area contributed by atoms with Crippen molar-refractivity contribution in [2.45, 2.75) is 32.1 Å². The summed E-state index contributed by atoms with van der Waals surface area (Å²) in [7, 11) is 0. The minimum Gasteiger partial charge on any atom is -0.481 e. The molecular weight excluding hydrogens is 399 g/mol. The molecule has 31 heavy (non-hydrogen) atoms. The monoisotopic (exact) mass is 420 g/mol. The minimum absolute atomic E-state index is 0.121. The summed E-state index contributed by atoms with van der Waals surface area (Å²) in [5.41, 5.74) is 1.55. The van der Waals surface area contributed by atoms with Crippen molar-refractivity contribution in [3.8, 4) is 11.4 Å². The number of hydrogen-bond donors (Lipinski definition) is 2. The number of carboxylic acid groups (broad SMARTS) is 1. The van der Waals surface area contributed by atoms with Crippen LogP contribution in [0.5, 0.6) is 0 Å². The molecule has 9 heteroatoms. The molecule has 0 saturated carbocycles. The first-order chi connectivity index (χ1) is 14.9. The lowest BCUT2D eigenvalue weighted by Gasteiger charge is -2.33. The fraction of sp³-hybridized carbons (Fsp3) is 0.273. The molecule has 0 aromatic carbocycles. The zero-order valence-electron chi connectivity index (χ0n) is 17.1. The van der Waals surface area contributed by atoms with Crippen LogP contribution >= 0.6 is 0 Å². The molecule has 0 fully saturated rings. The molecule has 2 N–H and O–H groups in total. The van der Waals surface area contributed by atoms with Crippen LogP contribution in [-0.4, -0.2) is 41.0 Å². The second-order valence-electron chi connectivity index (χ2n) is 7.91. The molecular formula is C22H21FN6O2. The lowest BCUT2D eigenvalue weighted by molar-refractivity contribution is -0.138. The molecule has 8 nitrogen and oxygen atoms in total. The van der Waals surface area contributed by atoms with Crippen molar-refractivity contribution >= 4 is 17.0 Å². The number of carboxylic acids is 1. The molecule has 158 valence electrons. The topological polar surface area (TPSA) is 118 Å². The van der Waals surface area contributed by atoms with E-state index in [0.717, 1.165) is 17.3 Å². The van der Waals surface area contributed by atoms with E-state index >= 15 is 0 Å². The van der Waals surface area contributed by atoms with Gasteiger partial charge >= 0.3 is 5.97 Å². The molecule has 0 aliphatic rings. The standard InChI is InChI=1S/C22H21FN6O2/c1-22(2,18-5-3-4-6-25-18)13(8-19(30)31)7-17-16(23)11-27-21(29-17)15-10-26-20-14(15)9-24-12-28-20/h3-6,9-13H,7-8H2,1-2H3,(H,30,31)(H,24,26,28). The predicted octanol–water partition coefficient (Wildman–Crippen LogP) is 3.56. The number of aliphatic carboxylic acids is 1. The maximum Gasteiger partial charge on any atom is 0.303 e.